The van der Waals surface area contributed by atoms with E-state index in [1.54, 1.807) is 0 Å². The third kappa shape index (κ3) is 2.81. The number of benzene rings is 1. The number of hydrogen-bond donors (Lipinski definition) is 1. The molecule has 2 aromatic rings. The van der Waals surface area contributed by atoms with E-state index in [0.717, 1.165) is 39.1 Å². The number of rotatable bonds is 4. The molecule has 1 aromatic heterocycles. The van der Waals surface area contributed by atoms with Crippen LogP contribution in [0.15, 0.2) is 27.7 Å². The lowest BCUT2D eigenvalue weighted by atomic mass is 9.85. The fourth-order valence-electron chi connectivity index (χ4n) is 2.18. The summed E-state index contributed by atoms with van der Waals surface area (Å²) >= 11 is 4.70. The Kier molecular flexibility index (Phi) is 3.94. The predicted molar refractivity (Wildman–Crippen MR) is 82.2 cm³/mol. The van der Waals surface area contributed by atoms with Gasteiger partial charge in [-0.05, 0) is 31.0 Å². The predicted octanol–water partition coefficient (Wildman–Crippen LogP) is 3.84. The van der Waals surface area contributed by atoms with Gasteiger partial charge < -0.3 is 5.11 Å². The van der Waals surface area contributed by atoms with Crippen LogP contribution in [0.25, 0.3) is 10.9 Å². The van der Waals surface area contributed by atoms with Gasteiger partial charge in [-0.3, -0.25) is 4.79 Å². The largest absolute Gasteiger partial charge is 0.481 e. The van der Waals surface area contributed by atoms with Crippen LogP contribution in [0.2, 0.25) is 0 Å². The lowest BCUT2D eigenvalue weighted by Crippen LogP contribution is -2.13. The number of carboxylic acid groups (broad SMARTS) is 1. The summed E-state index contributed by atoms with van der Waals surface area (Å²) in [5.74, 6) is 0.482. The Morgan fingerprint density at radius 1 is 1.40 bits per heavy atom. The Morgan fingerprint density at radius 3 is 2.85 bits per heavy atom. The molecule has 0 amide bonds. The molecule has 6 heteroatoms. The van der Waals surface area contributed by atoms with E-state index in [0.29, 0.717) is 5.92 Å². The van der Waals surface area contributed by atoms with Gasteiger partial charge in [0, 0.05) is 15.8 Å². The molecular formula is C14H13BrN2O2S. The monoisotopic (exact) mass is 352 g/mol. The molecule has 0 saturated heterocycles. The molecule has 1 saturated carbocycles. The van der Waals surface area contributed by atoms with Crippen molar-refractivity contribution in [3.63, 3.8) is 0 Å². The van der Waals surface area contributed by atoms with Gasteiger partial charge >= 0.3 is 5.97 Å². The second kappa shape index (κ2) is 5.69. The zero-order valence-electron chi connectivity index (χ0n) is 10.7. The average molecular weight is 353 g/mol. The number of thioether (sulfide) groups is 1. The van der Waals surface area contributed by atoms with Gasteiger partial charge in [0.25, 0.3) is 0 Å². The normalized spacial score (nSPS) is 15.2. The van der Waals surface area contributed by atoms with E-state index in [1.807, 2.05) is 18.2 Å². The maximum Gasteiger partial charge on any atom is 0.313 e. The molecule has 1 aromatic carbocycles. The Labute approximate surface area is 129 Å². The van der Waals surface area contributed by atoms with E-state index in [-0.39, 0.29) is 5.75 Å². The van der Waals surface area contributed by atoms with Gasteiger partial charge in [-0.2, -0.15) is 0 Å². The molecule has 104 valence electrons. The Morgan fingerprint density at radius 2 is 2.20 bits per heavy atom. The van der Waals surface area contributed by atoms with Crippen molar-refractivity contribution in [2.24, 2.45) is 0 Å². The fourth-order valence-corrected chi connectivity index (χ4v) is 3.28. The summed E-state index contributed by atoms with van der Waals surface area (Å²) in [6.07, 6.45) is 3.49. The number of halogens is 1. The summed E-state index contributed by atoms with van der Waals surface area (Å²) in [7, 11) is 0. The van der Waals surface area contributed by atoms with Crippen LogP contribution in [0.3, 0.4) is 0 Å². The third-order valence-electron chi connectivity index (χ3n) is 3.44. The minimum Gasteiger partial charge on any atom is -0.481 e. The topological polar surface area (TPSA) is 63.1 Å². The molecule has 3 rings (SSSR count). The molecule has 4 nitrogen and oxygen atoms in total. The van der Waals surface area contributed by atoms with Crippen molar-refractivity contribution in [2.45, 2.75) is 30.2 Å². The van der Waals surface area contributed by atoms with Crippen LogP contribution in [-0.4, -0.2) is 26.8 Å². The highest BCUT2D eigenvalue weighted by molar-refractivity contribution is 9.10. The first-order valence-corrected chi connectivity index (χ1v) is 8.23. The summed E-state index contributed by atoms with van der Waals surface area (Å²) in [6.45, 7) is 0. The van der Waals surface area contributed by atoms with Crippen molar-refractivity contribution >= 4 is 44.6 Å². The second-order valence-electron chi connectivity index (χ2n) is 4.86. The van der Waals surface area contributed by atoms with E-state index >= 15 is 0 Å². The molecule has 20 heavy (non-hydrogen) atoms. The van der Waals surface area contributed by atoms with Crippen molar-refractivity contribution in [2.75, 3.05) is 5.75 Å². The lowest BCUT2D eigenvalue weighted by molar-refractivity contribution is -0.133. The number of fused-ring (bicyclic) bond motifs is 1. The van der Waals surface area contributed by atoms with Gasteiger partial charge in [0.1, 0.15) is 10.9 Å². The summed E-state index contributed by atoms with van der Waals surface area (Å²) in [5.41, 5.74) is 0.887. The molecule has 1 aliphatic carbocycles. The highest BCUT2D eigenvalue weighted by Gasteiger charge is 2.23. The molecule has 1 heterocycles. The number of nitrogens with zero attached hydrogens (tertiary/aromatic N) is 2. The molecule has 0 radical (unpaired) electrons. The fraction of sp³-hybridized carbons (Fsp3) is 0.357. The smallest absolute Gasteiger partial charge is 0.313 e. The second-order valence-corrected chi connectivity index (χ2v) is 6.74. The highest BCUT2D eigenvalue weighted by atomic mass is 79.9. The summed E-state index contributed by atoms with van der Waals surface area (Å²) in [4.78, 5) is 20.0. The van der Waals surface area contributed by atoms with Gasteiger partial charge in [-0.15, -0.1) is 0 Å². The zero-order chi connectivity index (χ0) is 14.1. The van der Waals surface area contributed by atoms with Crippen LogP contribution < -0.4 is 0 Å². The number of aliphatic carboxylic acids is 1. The number of hydrogen-bond acceptors (Lipinski definition) is 4. The first-order valence-electron chi connectivity index (χ1n) is 6.45. The number of carbonyl (C=O) groups is 1. The molecule has 0 aliphatic heterocycles. The minimum atomic E-state index is -0.832. The summed E-state index contributed by atoms with van der Waals surface area (Å²) < 4.78 is 0.946. The molecule has 1 aliphatic rings. The van der Waals surface area contributed by atoms with E-state index < -0.39 is 5.97 Å². The Hall–Kier alpha value is -1.14. The molecule has 1 N–H and O–H groups in total. The molecule has 0 atom stereocenters. The molecule has 0 unspecified atom stereocenters. The number of aromatic nitrogens is 2. The van der Waals surface area contributed by atoms with Crippen molar-refractivity contribution in [1.29, 1.82) is 0 Å². The lowest BCUT2D eigenvalue weighted by Gasteiger charge is -2.24. The van der Waals surface area contributed by atoms with Crippen molar-refractivity contribution < 1.29 is 9.90 Å². The maximum absolute atomic E-state index is 10.8. The van der Waals surface area contributed by atoms with Crippen LogP contribution in [0.5, 0.6) is 0 Å². The third-order valence-corrected chi connectivity index (χ3v) is 4.91. The molecule has 0 spiro atoms. The van der Waals surface area contributed by atoms with Gasteiger partial charge in [-0.1, -0.05) is 34.1 Å². The minimum absolute atomic E-state index is 0.0166. The van der Waals surface area contributed by atoms with Crippen molar-refractivity contribution in [3.05, 3.63) is 28.5 Å². The van der Waals surface area contributed by atoms with E-state index in [9.17, 15) is 4.79 Å². The van der Waals surface area contributed by atoms with Crippen molar-refractivity contribution in [1.82, 2.24) is 9.97 Å². The van der Waals surface area contributed by atoms with Gasteiger partial charge in [-0.25, -0.2) is 9.97 Å². The highest BCUT2D eigenvalue weighted by Crippen LogP contribution is 2.37. The van der Waals surface area contributed by atoms with Gasteiger partial charge in [0.15, 0.2) is 0 Å². The molecule has 1 fully saturated rings. The van der Waals surface area contributed by atoms with Gasteiger partial charge in [0.05, 0.1) is 11.3 Å². The first kappa shape index (κ1) is 13.8. The maximum atomic E-state index is 10.8. The van der Waals surface area contributed by atoms with Crippen LogP contribution in [0.1, 0.15) is 31.0 Å². The Bertz CT molecular complexity index is 674. The van der Waals surface area contributed by atoms with E-state index in [2.05, 4.69) is 25.9 Å². The number of carboxylic acids is 1. The molecular weight excluding hydrogens is 340 g/mol. The van der Waals surface area contributed by atoms with E-state index in [4.69, 9.17) is 5.11 Å². The summed E-state index contributed by atoms with van der Waals surface area (Å²) in [5, 5.41) is 10.5. The van der Waals surface area contributed by atoms with Crippen molar-refractivity contribution in [3.8, 4) is 0 Å². The standard InChI is InChI=1S/C14H13BrN2O2S/c15-9-4-5-11-10(6-9)14(20-7-12(18)19)17-13(16-11)8-2-1-3-8/h4-6,8H,1-3,7H2,(H,18,19). The quantitative estimate of drug-likeness (QED) is 0.668. The van der Waals surface area contributed by atoms with Crippen LogP contribution in [0.4, 0.5) is 0 Å². The SMILES string of the molecule is O=C(O)CSc1nc(C2CCC2)nc2ccc(Br)cc12. The van der Waals surface area contributed by atoms with Crippen LogP contribution in [0, 0.1) is 0 Å². The summed E-state index contributed by atoms with van der Waals surface area (Å²) in [6, 6.07) is 5.85. The first-order chi connectivity index (χ1) is 9.63. The van der Waals surface area contributed by atoms with Crippen LogP contribution in [-0.2, 0) is 4.79 Å². The zero-order valence-corrected chi connectivity index (χ0v) is 13.1. The Balaban J connectivity index is 2.06. The van der Waals surface area contributed by atoms with E-state index in [1.165, 1.54) is 18.2 Å². The van der Waals surface area contributed by atoms with Crippen LogP contribution >= 0.6 is 27.7 Å². The molecule has 0 bridgehead atoms. The van der Waals surface area contributed by atoms with Gasteiger partial charge in [0.2, 0.25) is 0 Å². The average Bonchev–Trinajstić information content (AvgIpc) is 2.34.